The zero-order valence-corrected chi connectivity index (χ0v) is 17.8. The standard InChI is InChI=1S/C24H29NO7/c1-25(20(27)13-12-16-8-4-2-5-9-16)14-18(17-10-6-3-7-11-17)31-24-23(30)22(29)21(28)19(15-26)32-24/h2-13,18-19,21-24,26,28-30H,14-15H2,1H3. The second-order valence-corrected chi connectivity index (χ2v) is 7.70. The topological polar surface area (TPSA) is 120 Å². The molecular formula is C24H29NO7. The van der Waals surface area contributed by atoms with Crippen LogP contribution < -0.4 is 0 Å². The predicted octanol–water partition coefficient (Wildman–Crippen LogP) is 0.716. The van der Waals surface area contributed by atoms with Crippen molar-refractivity contribution in [2.75, 3.05) is 20.2 Å². The zero-order chi connectivity index (χ0) is 23.1. The summed E-state index contributed by atoms with van der Waals surface area (Å²) in [6.07, 6.45) is -4.45. The molecule has 4 N–H and O–H groups in total. The normalized spacial score (nSPS) is 26.7. The number of benzene rings is 2. The summed E-state index contributed by atoms with van der Waals surface area (Å²) in [6, 6.07) is 18.5. The number of nitrogens with zero attached hydrogens (tertiary/aromatic N) is 1. The fourth-order valence-corrected chi connectivity index (χ4v) is 3.43. The lowest BCUT2D eigenvalue weighted by Gasteiger charge is -2.41. The summed E-state index contributed by atoms with van der Waals surface area (Å²) in [5, 5.41) is 39.8. The Morgan fingerprint density at radius 3 is 2.28 bits per heavy atom. The molecule has 1 heterocycles. The Morgan fingerprint density at radius 2 is 1.66 bits per heavy atom. The van der Waals surface area contributed by atoms with Crippen LogP contribution in [0.4, 0.5) is 0 Å². The van der Waals surface area contributed by atoms with Crippen LogP contribution in [-0.2, 0) is 14.3 Å². The molecule has 32 heavy (non-hydrogen) atoms. The van der Waals surface area contributed by atoms with Gasteiger partial charge in [-0.15, -0.1) is 0 Å². The summed E-state index contributed by atoms with van der Waals surface area (Å²) in [4.78, 5) is 14.1. The van der Waals surface area contributed by atoms with Crippen LogP contribution in [0.1, 0.15) is 17.2 Å². The van der Waals surface area contributed by atoms with Crippen molar-refractivity contribution in [3.63, 3.8) is 0 Å². The molecule has 8 heteroatoms. The van der Waals surface area contributed by atoms with Crippen LogP contribution in [0.25, 0.3) is 6.08 Å². The van der Waals surface area contributed by atoms with Gasteiger partial charge in [0.1, 0.15) is 30.5 Å². The van der Waals surface area contributed by atoms with Crippen molar-refractivity contribution in [2.45, 2.75) is 36.8 Å². The number of carbonyl (C=O) groups excluding carboxylic acids is 1. The Balaban J connectivity index is 1.73. The molecule has 0 aliphatic carbocycles. The molecule has 0 aromatic heterocycles. The Kier molecular flexibility index (Phi) is 8.52. The van der Waals surface area contributed by atoms with Gasteiger partial charge in [0.15, 0.2) is 6.29 Å². The summed E-state index contributed by atoms with van der Waals surface area (Å²) in [5.41, 5.74) is 1.63. The van der Waals surface area contributed by atoms with Crippen molar-refractivity contribution in [3.8, 4) is 0 Å². The van der Waals surface area contributed by atoms with Crippen molar-refractivity contribution in [1.82, 2.24) is 4.90 Å². The van der Waals surface area contributed by atoms with Gasteiger partial charge in [0, 0.05) is 13.1 Å². The van der Waals surface area contributed by atoms with E-state index in [9.17, 15) is 25.2 Å². The molecule has 1 aliphatic rings. The van der Waals surface area contributed by atoms with E-state index in [0.29, 0.717) is 0 Å². The molecule has 3 rings (SSSR count). The van der Waals surface area contributed by atoms with E-state index in [4.69, 9.17) is 9.47 Å². The highest BCUT2D eigenvalue weighted by atomic mass is 16.7. The third kappa shape index (κ3) is 6.01. The molecule has 2 aromatic rings. The lowest BCUT2D eigenvalue weighted by molar-refractivity contribution is -0.312. The van der Waals surface area contributed by atoms with Crippen molar-refractivity contribution >= 4 is 12.0 Å². The molecule has 1 amide bonds. The molecule has 0 radical (unpaired) electrons. The van der Waals surface area contributed by atoms with Crippen LogP contribution in [-0.4, -0.2) is 82.1 Å². The Labute approximate surface area is 186 Å². The SMILES string of the molecule is CN(CC(OC1OC(CO)C(O)C(O)C1O)c1ccccc1)C(=O)C=Cc1ccccc1. The Morgan fingerprint density at radius 1 is 1.03 bits per heavy atom. The van der Waals surface area contributed by atoms with Crippen molar-refractivity contribution in [2.24, 2.45) is 0 Å². The van der Waals surface area contributed by atoms with E-state index in [1.807, 2.05) is 60.7 Å². The van der Waals surface area contributed by atoms with E-state index in [-0.39, 0.29) is 12.5 Å². The number of carbonyl (C=O) groups is 1. The summed E-state index contributed by atoms with van der Waals surface area (Å²) < 4.78 is 11.4. The number of hydrogen-bond acceptors (Lipinski definition) is 7. The maximum Gasteiger partial charge on any atom is 0.246 e. The minimum Gasteiger partial charge on any atom is -0.394 e. The quantitative estimate of drug-likeness (QED) is 0.444. The van der Waals surface area contributed by atoms with Gasteiger partial charge in [0.2, 0.25) is 5.91 Å². The first-order valence-electron chi connectivity index (χ1n) is 10.4. The molecule has 6 unspecified atom stereocenters. The van der Waals surface area contributed by atoms with Gasteiger partial charge in [-0.3, -0.25) is 4.79 Å². The van der Waals surface area contributed by atoms with Crippen LogP contribution in [0.5, 0.6) is 0 Å². The number of likely N-dealkylation sites (N-methyl/N-ethyl adjacent to an activating group) is 1. The van der Waals surface area contributed by atoms with Crippen molar-refractivity contribution < 1.29 is 34.7 Å². The van der Waals surface area contributed by atoms with Crippen molar-refractivity contribution in [1.29, 1.82) is 0 Å². The summed E-state index contributed by atoms with van der Waals surface area (Å²) in [5.74, 6) is -0.243. The van der Waals surface area contributed by atoms with Gasteiger partial charge in [0.25, 0.3) is 0 Å². The summed E-state index contributed by atoms with van der Waals surface area (Å²) >= 11 is 0. The van der Waals surface area contributed by atoms with Gasteiger partial charge in [-0.2, -0.15) is 0 Å². The van der Waals surface area contributed by atoms with Crippen LogP contribution >= 0.6 is 0 Å². The summed E-state index contributed by atoms with van der Waals surface area (Å²) in [6.45, 7) is -0.416. The van der Waals surface area contributed by atoms with Gasteiger partial charge >= 0.3 is 0 Å². The van der Waals surface area contributed by atoms with Gasteiger partial charge < -0.3 is 34.8 Å². The molecule has 172 valence electrons. The molecular weight excluding hydrogens is 414 g/mol. The zero-order valence-electron chi connectivity index (χ0n) is 17.8. The first kappa shape index (κ1) is 24.1. The van der Waals surface area contributed by atoms with Gasteiger partial charge in [-0.1, -0.05) is 60.7 Å². The van der Waals surface area contributed by atoms with E-state index in [1.54, 1.807) is 13.1 Å². The highest BCUT2D eigenvalue weighted by Crippen LogP contribution is 2.28. The average Bonchev–Trinajstić information content (AvgIpc) is 2.83. The van der Waals surface area contributed by atoms with Gasteiger partial charge in [0.05, 0.1) is 13.2 Å². The number of amides is 1. The lowest BCUT2D eigenvalue weighted by atomic mass is 9.99. The number of ether oxygens (including phenoxy) is 2. The Hall–Kier alpha value is -2.59. The van der Waals surface area contributed by atoms with E-state index in [1.165, 1.54) is 11.0 Å². The molecule has 8 nitrogen and oxygen atoms in total. The number of aliphatic hydroxyl groups is 4. The minimum absolute atomic E-state index is 0.136. The largest absolute Gasteiger partial charge is 0.394 e. The van der Waals surface area contributed by atoms with Gasteiger partial charge in [-0.25, -0.2) is 0 Å². The highest BCUT2D eigenvalue weighted by Gasteiger charge is 2.45. The molecule has 1 saturated heterocycles. The maximum absolute atomic E-state index is 12.6. The number of rotatable bonds is 8. The first-order chi connectivity index (χ1) is 15.4. The molecule has 1 fully saturated rings. The molecule has 6 atom stereocenters. The van der Waals surface area contributed by atoms with E-state index < -0.39 is 43.4 Å². The van der Waals surface area contributed by atoms with Crippen LogP contribution in [0.15, 0.2) is 66.7 Å². The van der Waals surface area contributed by atoms with Crippen LogP contribution in [0, 0.1) is 0 Å². The molecule has 0 bridgehead atoms. The van der Waals surface area contributed by atoms with Gasteiger partial charge in [-0.05, 0) is 17.2 Å². The fourth-order valence-electron chi connectivity index (χ4n) is 3.43. The third-order valence-corrected chi connectivity index (χ3v) is 5.35. The van der Waals surface area contributed by atoms with Crippen LogP contribution in [0.3, 0.4) is 0 Å². The smallest absolute Gasteiger partial charge is 0.246 e. The van der Waals surface area contributed by atoms with Crippen molar-refractivity contribution in [3.05, 3.63) is 77.9 Å². The third-order valence-electron chi connectivity index (χ3n) is 5.35. The first-order valence-corrected chi connectivity index (χ1v) is 10.4. The molecule has 2 aromatic carbocycles. The molecule has 1 aliphatic heterocycles. The predicted molar refractivity (Wildman–Crippen MR) is 117 cm³/mol. The van der Waals surface area contributed by atoms with E-state index in [0.717, 1.165) is 11.1 Å². The lowest BCUT2D eigenvalue weighted by Crippen LogP contribution is -2.59. The monoisotopic (exact) mass is 443 g/mol. The fraction of sp³-hybridized carbons (Fsp3) is 0.375. The molecule has 0 saturated carbocycles. The second-order valence-electron chi connectivity index (χ2n) is 7.70. The second kappa shape index (κ2) is 11.3. The van der Waals surface area contributed by atoms with Crippen LogP contribution in [0.2, 0.25) is 0 Å². The Bertz CT molecular complexity index is 874. The highest BCUT2D eigenvalue weighted by molar-refractivity contribution is 5.91. The molecule has 0 spiro atoms. The number of aliphatic hydroxyl groups excluding tert-OH is 4. The number of hydrogen-bond donors (Lipinski definition) is 4. The average molecular weight is 443 g/mol. The maximum atomic E-state index is 12.6. The summed E-state index contributed by atoms with van der Waals surface area (Å²) in [7, 11) is 1.63. The van der Waals surface area contributed by atoms with E-state index >= 15 is 0 Å². The minimum atomic E-state index is -1.55. The van der Waals surface area contributed by atoms with E-state index in [2.05, 4.69) is 0 Å².